The monoisotopic (exact) mass is 369 g/mol. The van der Waals surface area contributed by atoms with E-state index in [0.29, 0.717) is 23.7 Å². The third-order valence-electron chi connectivity index (χ3n) is 3.82. The number of rotatable bonds is 7. The molecule has 0 radical (unpaired) electrons. The highest BCUT2D eigenvalue weighted by atomic mass is 19.1. The molecule has 0 saturated heterocycles. The number of imidazole rings is 1. The van der Waals surface area contributed by atoms with Crippen molar-refractivity contribution in [2.24, 2.45) is 0 Å². The van der Waals surface area contributed by atoms with Gasteiger partial charge in [0, 0.05) is 37.2 Å². The summed E-state index contributed by atoms with van der Waals surface area (Å²) in [5.41, 5.74) is 1.84. The molecule has 3 rings (SSSR count). The fraction of sp³-hybridized carbons (Fsp3) is 0.211. The van der Waals surface area contributed by atoms with Gasteiger partial charge >= 0.3 is 6.03 Å². The number of carbonyl (C=O) groups is 1. The van der Waals surface area contributed by atoms with Crippen LogP contribution in [0.2, 0.25) is 0 Å². The average molecular weight is 369 g/mol. The van der Waals surface area contributed by atoms with E-state index in [1.54, 1.807) is 41.4 Å². The van der Waals surface area contributed by atoms with Gasteiger partial charge in [-0.3, -0.25) is 0 Å². The van der Waals surface area contributed by atoms with E-state index < -0.39 is 0 Å². The van der Waals surface area contributed by atoms with Crippen molar-refractivity contribution in [2.45, 2.75) is 20.0 Å². The topological polar surface area (TPSA) is 81.1 Å². The molecule has 0 spiro atoms. The normalized spacial score (nSPS) is 10.4. The molecule has 2 N–H and O–H groups in total. The summed E-state index contributed by atoms with van der Waals surface area (Å²) in [6.07, 6.45) is 6.41. The molecular formula is C19H20FN5O2. The number of amides is 2. The Morgan fingerprint density at radius 1 is 1.22 bits per heavy atom. The van der Waals surface area contributed by atoms with Crippen LogP contribution in [0.1, 0.15) is 18.1 Å². The molecular weight excluding hydrogens is 349 g/mol. The van der Waals surface area contributed by atoms with Gasteiger partial charge in [-0.05, 0) is 30.7 Å². The maximum atomic E-state index is 14.2. The number of hydrogen-bond acceptors (Lipinski definition) is 4. The molecule has 0 bridgehead atoms. The SMILES string of the molecule is CCOc1ncccc1CNC(=O)NCc1ccc(-n2ccnc2)c(F)c1. The van der Waals surface area contributed by atoms with Crippen molar-refractivity contribution < 1.29 is 13.9 Å². The van der Waals surface area contributed by atoms with E-state index in [4.69, 9.17) is 4.74 Å². The molecule has 7 nitrogen and oxygen atoms in total. The van der Waals surface area contributed by atoms with Crippen LogP contribution < -0.4 is 15.4 Å². The van der Waals surface area contributed by atoms with Crippen LogP contribution in [0.15, 0.2) is 55.2 Å². The highest BCUT2D eigenvalue weighted by Crippen LogP contribution is 2.15. The second-order valence-electron chi connectivity index (χ2n) is 5.69. The number of nitrogens with zero attached hydrogens (tertiary/aromatic N) is 3. The van der Waals surface area contributed by atoms with E-state index in [1.165, 1.54) is 12.4 Å². The standard InChI is InChI=1S/C19H20FN5O2/c1-2-27-18-15(4-3-7-22-18)12-24-19(26)23-11-14-5-6-17(16(20)10-14)25-9-8-21-13-25/h3-10,13H,2,11-12H2,1H3,(H2,23,24,26). The highest BCUT2D eigenvalue weighted by Gasteiger charge is 2.08. The first kappa shape index (κ1) is 18.4. The first-order chi connectivity index (χ1) is 13.2. The van der Waals surface area contributed by atoms with Crippen LogP contribution in [0.3, 0.4) is 0 Å². The molecule has 0 aliphatic heterocycles. The molecule has 2 aromatic heterocycles. The molecule has 0 atom stereocenters. The van der Waals surface area contributed by atoms with Gasteiger partial charge in [-0.25, -0.2) is 19.2 Å². The van der Waals surface area contributed by atoms with Gasteiger partial charge in [0.05, 0.1) is 18.6 Å². The molecule has 140 valence electrons. The Morgan fingerprint density at radius 2 is 2.07 bits per heavy atom. The fourth-order valence-corrected chi connectivity index (χ4v) is 2.52. The van der Waals surface area contributed by atoms with Crippen LogP contribution in [0, 0.1) is 5.82 Å². The zero-order valence-corrected chi connectivity index (χ0v) is 14.9. The van der Waals surface area contributed by atoms with Crippen molar-refractivity contribution in [3.8, 4) is 11.6 Å². The van der Waals surface area contributed by atoms with Gasteiger partial charge in [-0.1, -0.05) is 12.1 Å². The number of hydrogen-bond donors (Lipinski definition) is 2. The number of benzene rings is 1. The fourth-order valence-electron chi connectivity index (χ4n) is 2.52. The number of aromatic nitrogens is 3. The minimum atomic E-state index is -0.385. The number of carbonyl (C=O) groups excluding carboxylic acids is 1. The number of halogens is 1. The molecule has 27 heavy (non-hydrogen) atoms. The molecule has 8 heteroatoms. The lowest BCUT2D eigenvalue weighted by Gasteiger charge is -2.11. The lowest BCUT2D eigenvalue weighted by atomic mass is 10.2. The van der Waals surface area contributed by atoms with E-state index in [-0.39, 0.29) is 24.9 Å². The van der Waals surface area contributed by atoms with Gasteiger partial charge in [0.15, 0.2) is 0 Å². The zero-order valence-electron chi connectivity index (χ0n) is 14.9. The molecule has 0 fully saturated rings. The quantitative estimate of drug-likeness (QED) is 0.671. The van der Waals surface area contributed by atoms with E-state index in [2.05, 4.69) is 20.6 Å². The Hall–Kier alpha value is -3.42. The molecule has 1 aromatic carbocycles. The summed E-state index contributed by atoms with van der Waals surface area (Å²) in [5.74, 6) is 0.113. The second kappa shape index (κ2) is 8.79. The van der Waals surface area contributed by atoms with Gasteiger partial charge in [-0.15, -0.1) is 0 Å². The summed E-state index contributed by atoms with van der Waals surface area (Å²) in [4.78, 5) is 20.0. The maximum Gasteiger partial charge on any atom is 0.315 e. The predicted molar refractivity (Wildman–Crippen MR) is 98.0 cm³/mol. The smallest absolute Gasteiger partial charge is 0.315 e. The minimum absolute atomic E-state index is 0.207. The van der Waals surface area contributed by atoms with Crippen LogP contribution in [-0.2, 0) is 13.1 Å². The first-order valence-electron chi connectivity index (χ1n) is 8.52. The molecule has 0 saturated carbocycles. The van der Waals surface area contributed by atoms with Crippen LogP contribution in [-0.4, -0.2) is 27.2 Å². The van der Waals surface area contributed by atoms with Crippen LogP contribution in [0.4, 0.5) is 9.18 Å². The number of ether oxygens (including phenoxy) is 1. The molecule has 2 amide bonds. The lowest BCUT2D eigenvalue weighted by Crippen LogP contribution is -2.34. The number of urea groups is 1. The third-order valence-corrected chi connectivity index (χ3v) is 3.82. The van der Waals surface area contributed by atoms with E-state index in [0.717, 1.165) is 5.56 Å². The summed E-state index contributed by atoms with van der Waals surface area (Å²) in [6, 6.07) is 8.05. The molecule has 2 heterocycles. The van der Waals surface area contributed by atoms with Crippen molar-refractivity contribution in [2.75, 3.05) is 6.61 Å². The Balaban J connectivity index is 1.53. The highest BCUT2D eigenvalue weighted by molar-refractivity contribution is 5.73. The Bertz CT molecular complexity index is 899. The molecule has 0 aliphatic carbocycles. The zero-order chi connectivity index (χ0) is 19.1. The first-order valence-corrected chi connectivity index (χ1v) is 8.52. The molecule has 0 unspecified atom stereocenters. The van der Waals surface area contributed by atoms with Gasteiger partial charge in [0.25, 0.3) is 0 Å². The Morgan fingerprint density at radius 3 is 2.81 bits per heavy atom. The van der Waals surface area contributed by atoms with E-state index in [1.807, 2.05) is 13.0 Å². The van der Waals surface area contributed by atoms with Crippen molar-refractivity contribution in [1.29, 1.82) is 0 Å². The minimum Gasteiger partial charge on any atom is -0.478 e. The van der Waals surface area contributed by atoms with E-state index >= 15 is 0 Å². The second-order valence-corrected chi connectivity index (χ2v) is 5.69. The summed E-state index contributed by atoms with van der Waals surface area (Å²) in [7, 11) is 0. The summed E-state index contributed by atoms with van der Waals surface area (Å²) in [5, 5.41) is 5.45. The Kier molecular flexibility index (Phi) is 5.98. The summed E-state index contributed by atoms with van der Waals surface area (Å²) >= 11 is 0. The lowest BCUT2D eigenvalue weighted by molar-refractivity contribution is 0.240. The van der Waals surface area contributed by atoms with Gasteiger partial charge in [0.2, 0.25) is 5.88 Å². The number of nitrogens with one attached hydrogen (secondary N) is 2. The Labute approximate surface area is 156 Å². The average Bonchev–Trinajstić information content (AvgIpc) is 3.20. The summed E-state index contributed by atoms with van der Waals surface area (Å²) < 4.78 is 21.2. The molecule has 3 aromatic rings. The van der Waals surface area contributed by atoms with Crippen LogP contribution in [0.25, 0.3) is 5.69 Å². The molecule has 0 aliphatic rings. The summed E-state index contributed by atoms with van der Waals surface area (Å²) in [6.45, 7) is 2.86. The van der Waals surface area contributed by atoms with Crippen molar-refractivity contribution in [3.63, 3.8) is 0 Å². The van der Waals surface area contributed by atoms with Crippen LogP contribution >= 0.6 is 0 Å². The largest absolute Gasteiger partial charge is 0.478 e. The van der Waals surface area contributed by atoms with Crippen molar-refractivity contribution in [1.82, 2.24) is 25.2 Å². The van der Waals surface area contributed by atoms with Crippen LogP contribution in [0.5, 0.6) is 5.88 Å². The maximum absolute atomic E-state index is 14.2. The number of pyridine rings is 1. The predicted octanol–water partition coefficient (Wildman–Crippen LogP) is 2.80. The van der Waals surface area contributed by atoms with E-state index in [9.17, 15) is 9.18 Å². The van der Waals surface area contributed by atoms with Gasteiger partial charge in [-0.2, -0.15) is 0 Å². The van der Waals surface area contributed by atoms with Crippen molar-refractivity contribution in [3.05, 3.63) is 72.2 Å². The van der Waals surface area contributed by atoms with Gasteiger partial charge < -0.3 is 19.9 Å². The van der Waals surface area contributed by atoms with Gasteiger partial charge in [0.1, 0.15) is 5.82 Å². The third kappa shape index (κ3) is 4.81. The van der Waals surface area contributed by atoms with Crippen molar-refractivity contribution >= 4 is 6.03 Å².